The Morgan fingerprint density at radius 1 is 1.06 bits per heavy atom. The van der Waals surface area contributed by atoms with Crippen molar-refractivity contribution < 1.29 is 17.9 Å². The molecule has 1 aromatic rings. The van der Waals surface area contributed by atoms with Gasteiger partial charge in [-0.1, -0.05) is 0 Å². The maximum Gasteiger partial charge on any atom is 0.194 e. The van der Waals surface area contributed by atoms with Crippen molar-refractivity contribution >= 4 is 12.4 Å². The van der Waals surface area contributed by atoms with Gasteiger partial charge in [-0.05, 0) is 25.9 Å². The lowest BCUT2D eigenvalue weighted by Gasteiger charge is -2.23. The molecule has 0 saturated carbocycles. The Hall–Kier alpha value is -0.940. The fraction of sp³-hybridized carbons (Fsp3) is 0.455. The second kappa shape index (κ2) is 6.12. The van der Waals surface area contributed by atoms with Crippen LogP contribution >= 0.6 is 12.4 Å². The standard InChI is InChI=1S/C11H12F3NO.ClH/c12-9-5-8(6-10(13)11(9)14)16-7-1-3-15-4-2-7;/h5-7,15H,1-4H2;1H. The maximum atomic E-state index is 12.9. The third kappa shape index (κ3) is 3.51. The molecule has 2 rings (SSSR count). The maximum absolute atomic E-state index is 12.9. The molecule has 1 aliphatic heterocycles. The van der Waals surface area contributed by atoms with Gasteiger partial charge < -0.3 is 10.1 Å². The summed E-state index contributed by atoms with van der Waals surface area (Å²) in [5, 5.41) is 3.14. The Kier molecular flexibility index (Phi) is 5.08. The van der Waals surface area contributed by atoms with Crippen molar-refractivity contribution in [3.63, 3.8) is 0 Å². The summed E-state index contributed by atoms with van der Waals surface area (Å²) in [6, 6.07) is 1.75. The molecular formula is C11H13ClF3NO. The van der Waals surface area contributed by atoms with Crippen LogP contribution in [-0.2, 0) is 0 Å². The van der Waals surface area contributed by atoms with Gasteiger partial charge in [-0.25, -0.2) is 13.2 Å². The average Bonchev–Trinajstić information content (AvgIpc) is 2.27. The van der Waals surface area contributed by atoms with E-state index in [1.165, 1.54) is 0 Å². The second-order valence-corrected chi connectivity index (χ2v) is 3.77. The first kappa shape index (κ1) is 14.1. The molecule has 2 nitrogen and oxygen atoms in total. The fourth-order valence-electron chi connectivity index (χ4n) is 1.71. The van der Waals surface area contributed by atoms with Crippen molar-refractivity contribution in [3.05, 3.63) is 29.6 Å². The van der Waals surface area contributed by atoms with Crippen molar-refractivity contribution in [3.8, 4) is 5.75 Å². The van der Waals surface area contributed by atoms with E-state index in [1.54, 1.807) is 0 Å². The summed E-state index contributed by atoms with van der Waals surface area (Å²) < 4.78 is 43.8. The number of halogens is 4. The molecule has 0 atom stereocenters. The first-order chi connectivity index (χ1) is 7.66. The van der Waals surface area contributed by atoms with E-state index in [-0.39, 0.29) is 24.3 Å². The predicted octanol–water partition coefficient (Wildman–Crippen LogP) is 2.66. The molecular weight excluding hydrogens is 255 g/mol. The van der Waals surface area contributed by atoms with Gasteiger partial charge in [0.2, 0.25) is 0 Å². The molecule has 1 N–H and O–H groups in total. The van der Waals surface area contributed by atoms with Crippen molar-refractivity contribution in [2.24, 2.45) is 0 Å². The number of piperidine rings is 1. The highest BCUT2D eigenvalue weighted by Crippen LogP contribution is 2.22. The molecule has 1 fully saturated rings. The highest BCUT2D eigenvalue weighted by atomic mass is 35.5. The smallest absolute Gasteiger partial charge is 0.194 e. The van der Waals surface area contributed by atoms with Crippen LogP contribution < -0.4 is 10.1 Å². The highest BCUT2D eigenvalue weighted by Gasteiger charge is 2.17. The molecule has 0 radical (unpaired) electrons. The molecule has 0 aromatic heterocycles. The molecule has 0 spiro atoms. The molecule has 17 heavy (non-hydrogen) atoms. The van der Waals surface area contributed by atoms with E-state index in [0.29, 0.717) is 0 Å². The van der Waals surface area contributed by atoms with Crippen molar-refractivity contribution in [2.45, 2.75) is 18.9 Å². The number of ether oxygens (including phenoxy) is 1. The molecule has 6 heteroatoms. The Morgan fingerprint density at radius 2 is 1.59 bits per heavy atom. The normalized spacial score (nSPS) is 16.4. The second-order valence-electron chi connectivity index (χ2n) is 3.77. The SMILES string of the molecule is Cl.Fc1cc(OC2CCNCC2)cc(F)c1F. The minimum Gasteiger partial charge on any atom is -0.490 e. The van der Waals surface area contributed by atoms with Gasteiger partial charge in [0.25, 0.3) is 0 Å². The minimum absolute atomic E-state index is 0. The number of hydrogen-bond acceptors (Lipinski definition) is 2. The summed E-state index contributed by atoms with van der Waals surface area (Å²) in [6.07, 6.45) is 1.49. The van der Waals surface area contributed by atoms with Crippen LogP contribution in [0.1, 0.15) is 12.8 Å². The van der Waals surface area contributed by atoms with Crippen LogP contribution in [0.4, 0.5) is 13.2 Å². The summed E-state index contributed by atoms with van der Waals surface area (Å²) in [5.74, 6) is -3.85. The van der Waals surface area contributed by atoms with E-state index in [9.17, 15) is 13.2 Å². The summed E-state index contributed by atoms with van der Waals surface area (Å²) in [6.45, 7) is 1.63. The van der Waals surface area contributed by atoms with E-state index in [4.69, 9.17) is 4.74 Å². The van der Waals surface area contributed by atoms with Gasteiger partial charge in [0.15, 0.2) is 17.5 Å². The van der Waals surface area contributed by atoms with Gasteiger partial charge in [-0.15, -0.1) is 12.4 Å². The third-order valence-electron chi connectivity index (χ3n) is 2.55. The summed E-state index contributed by atoms with van der Waals surface area (Å²) >= 11 is 0. The lowest BCUT2D eigenvalue weighted by Crippen LogP contribution is -2.34. The van der Waals surface area contributed by atoms with Gasteiger partial charge >= 0.3 is 0 Å². The predicted molar refractivity (Wildman–Crippen MR) is 60.1 cm³/mol. The lowest BCUT2D eigenvalue weighted by molar-refractivity contribution is 0.161. The van der Waals surface area contributed by atoms with Crippen LogP contribution in [0.5, 0.6) is 5.75 Å². The van der Waals surface area contributed by atoms with E-state index < -0.39 is 17.5 Å². The summed E-state index contributed by atoms with van der Waals surface area (Å²) in [4.78, 5) is 0. The van der Waals surface area contributed by atoms with Crippen molar-refractivity contribution in [1.82, 2.24) is 5.32 Å². The molecule has 0 unspecified atom stereocenters. The van der Waals surface area contributed by atoms with Crippen LogP contribution in [0.25, 0.3) is 0 Å². The van der Waals surface area contributed by atoms with Gasteiger partial charge in [-0.3, -0.25) is 0 Å². The van der Waals surface area contributed by atoms with Gasteiger partial charge in [0.1, 0.15) is 11.9 Å². The monoisotopic (exact) mass is 267 g/mol. The highest BCUT2D eigenvalue weighted by molar-refractivity contribution is 5.85. The zero-order valence-electron chi connectivity index (χ0n) is 9.01. The topological polar surface area (TPSA) is 21.3 Å². The molecule has 1 saturated heterocycles. The average molecular weight is 268 g/mol. The molecule has 1 aromatic carbocycles. The zero-order chi connectivity index (χ0) is 11.5. The quantitative estimate of drug-likeness (QED) is 0.832. The van der Waals surface area contributed by atoms with E-state index >= 15 is 0 Å². The number of benzene rings is 1. The summed E-state index contributed by atoms with van der Waals surface area (Å²) in [5.41, 5.74) is 0. The van der Waals surface area contributed by atoms with Crippen LogP contribution in [0.3, 0.4) is 0 Å². The fourth-order valence-corrected chi connectivity index (χ4v) is 1.71. The Bertz CT molecular complexity index is 360. The molecule has 0 aliphatic carbocycles. The van der Waals surface area contributed by atoms with Gasteiger partial charge in [0.05, 0.1) is 0 Å². The summed E-state index contributed by atoms with van der Waals surface area (Å²) in [7, 11) is 0. The molecule has 0 amide bonds. The molecule has 0 bridgehead atoms. The van der Waals surface area contributed by atoms with Crippen molar-refractivity contribution in [1.29, 1.82) is 0 Å². The van der Waals surface area contributed by atoms with Crippen LogP contribution in [0, 0.1) is 17.5 Å². The van der Waals surface area contributed by atoms with Crippen molar-refractivity contribution in [2.75, 3.05) is 13.1 Å². The molecule has 96 valence electrons. The molecule has 1 aliphatic rings. The first-order valence-electron chi connectivity index (χ1n) is 5.19. The van der Waals surface area contributed by atoms with Gasteiger partial charge in [0, 0.05) is 12.1 Å². The minimum atomic E-state index is -1.46. The van der Waals surface area contributed by atoms with Crippen LogP contribution in [0.15, 0.2) is 12.1 Å². The zero-order valence-corrected chi connectivity index (χ0v) is 9.83. The van der Waals surface area contributed by atoms with E-state index in [2.05, 4.69) is 5.32 Å². The first-order valence-corrected chi connectivity index (χ1v) is 5.19. The number of rotatable bonds is 2. The van der Waals surface area contributed by atoms with Crippen LogP contribution in [0.2, 0.25) is 0 Å². The van der Waals surface area contributed by atoms with E-state index in [0.717, 1.165) is 38.1 Å². The third-order valence-corrected chi connectivity index (χ3v) is 2.55. The Balaban J connectivity index is 0.00000144. The Morgan fingerprint density at radius 3 is 2.12 bits per heavy atom. The molecule has 1 heterocycles. The lowest BCUT2D eigenvalue weighted by atomic mass is 10.1. The Labute approximate surface area is 104 Å². The van der Waals surface area contributed by atoms with E-state index in [1.807, 2.05) is 0 Å². The number of hydrogen-bond donors (Lipinski definition) is 1. The van der Waals surface area contributed by atoms with Crippen LogP contribution in [-0.4, -0.2) is 19.2 Å². The number of nitrogens with one attached hydrogen (secondary N) is 1. The van der Waals surface area contributed by atoms with Gasteiger partial charge in [-0.2, -0.15) is 0 Å². The largest absolute Gasteiger partial charge is 0.490 e.